The predicted octanol–water partition coefficient (Wildman–Crippen LogP) is 3.19. The maximum absolute atomic E-state index is 13.2. The lowest BCUT2D eigenvalue weighted by molar-refractivity contribution is 0.0746. The van der Waals surface area contributed by atoms with Gasteiger partial charge in [0.2, 0.25) is 10.0 Å². The van der Waals surface area contributed by atoms with Crippen molar-refractivity contribution in [1.82, 2.24) is 9.62 Å². The fourth-order valence-electron chi connectivity index (χ4n) is 4.20. The number of halogens is 1. The summed E-state index contributed by atoms with van der Waals surface area (Å²) in [6.07, 6.45) is -0.617. The predicted molar refractivity (Wildman–Crippen MR) is 124 cm³/mol. The van der Waals surface area contributed by atoms with Gasteiger partial charge in [0.25, 0.3) is 5.91 Å². The highest BCUT2D eigenvalue weighted by atomic mass is 32.2. The molecule has 0 aromatic heterocycles. The standard InChI is InChI=1S/C24H23FN4O3S/c25-19-9-11-20(12-10-19)28-13-15-29(16-14-28)24(30)18-7-5-17(6-8-18)23-26-21-3-1-2-4-22(21)33(31,32)27-23/h1-12,23,26-27H,13-16H2/t23-/m0/s1. The van der Waals surface area contributed by atoms with E-state index in [1.807, 2.05) is 0 Å². The number of nitrogens with one attached hydrogen (secondary N) is 2. The van der Waals surface area contributed by atoms with Gasteiger partial charge in [0, 0.05) is 37.4 Å². The minimum atomic E-state index is -3.63. The SMILES string of the molecule is O=C(c1ccc([C@H]2Nc3ccccc3S(=O)(=O)N2)cc1)N1CCN(c2ccc(F)cc2)CC1. The van der Waals surface area contributed by atoms with E-state index < -0.39 is 16.2 Å². The number of carbonyl (C=O) groups is 1. The molecule has 170 valence electrons. The van der Waals surface area contributed by atoms with Crippen LogP contribution in [-0.4, -0.2) is 45.4 Å². The highest BCUT2D eigenvalue weighted by Crippen LogP contribution is 2.31. The van der Waals surface area contributed by atoms with Gasteiger partial charge in [0.15, 0.2) is 0 Å². The van der Waals surface area contributed by atoms with Crippen LogP contribution in [0.1, 0.15) is 22.1 Å². The Morgan fingerprint density at radius 1 is 0.879 bits per heavy atom. The first-order valence-electron chi connectivity index (χ1n) is 10.7. The van der Waals surface area contributed by atoms with Gasteiger partial charge in [-0.2, -0.15) is 4.72 Å². The van der Waals surface area contributed by atoms with Gasteiger partial charge < -0.3 is 15.1 Å². The highest BCUT2D eigenvalue weighted by molar-refractivity contribution is 7.89. The third-order valence-corrected chi connectivity index (χ3v) is 7.48. The molecule has 2 aliphatic heterocycles. The summed E-state index contributed by atoms with van der Waals surface area (Å²) >= 11 is 0. The molecule has 3 aromatic carbocycles. The summed E-state index contributed by atoms with van der Waals surface area (Å²) in [5.74, 6) is -0.334. The van der Waals surface area contributed by atoms with E-state index in [9.17, 15) is 17.6 Å². The molecule has 2 heterocycles. The lowest BCUT2D eigenvalue weighted by atomic mass is 10.1. The van der Waals surface area contributed by atoms with E-state index in [0.29, 0.717) is 43.0 Å². The molecule has 3 aromatic rings. The van der Waals surface area contributed by atoms with Crippen LogP contribution in [0.3, 0.4) is 0 Å². The second-order valence-electron chi connectivity index (χ2n) is 8.07. The Morgan fingerprint density at radius 2 is 1.55 bits per heavy atom. The van der Waals surface area contributed by atoms with Gasteiger partial charge in [-0.25, -0.2) is 12.8 Å². The van der Waals surface area contributed by atoms with Crippen LogP contribution in [0.4, 0.5) is 15.8 Å². The zero-order valence-corrected chi connectivity index (χ0v) is 18.6. The zero-order chi connectivity index (χ0) is 23.0. The average molecular weight is 467 g/mol. The van der Waals surface area contributed by atoms with Crippen LogP contribution in [0.15, 0.2) is 77.7 Å². The van der Waals surface area contributed by atoms with Gasteiger partial charge in [0.05, 0.1) is 5.69 Å². The highest BCUT2D eigenvalue weighted by Gasteiger charge is 2.30. The Balaban J connectivity index is 1.25. The van der Waals surface area contributed by atoms with Crippen LogP contribution in [0.25, 0.3) is 0 Å². The smallest absolute Gasteiger partial charge is 0.253 e. The van der Waals surface area contributed by atoms with Crippen molar-refractivity contribution in [2.75, 3.05) is 36.4 Å². The molecule has 0 aliphatic carbocycles. The van der Waals surface area contributed by atoms with Crippen LogP contribution in [0.2, 0.25) is 0 Å². The van der Waals surface area contributed by atoms with Gasteiger partial charge in [-0.15, -0.1) is 0 Å². The van der Waals surface area contributed by atoms with Crippen molar-refractivity contribution >= 4 is 27.3 Å². The molecule has 0 unspecified atom stereocenters. The Morgan fingerprint density at radius 3 is 2.24 bits per heavy atom. The number of benzene rings is 3. The number of amides is 1. The van der Waals surface area contributed by atoms with Crippen molar-refractivity contribution in [3.05, 3.63) is 89.7 Å². The van der Waals surface area contributed by atoms with Gasteiger partial charge >= 0.3 is 0 Å². The lowest BCUT2D eigenvalue weighted by Gasteiger charge is -2.36. The molecule has 2 N–H and O–H groups in total. The third kappa shape index (κ3) is 4.29. The largest absolute Gasteiger partial charge is 0.368 e. The van der Waals surface area contributed by atoms with Crippen molar-refractivity contribution in [3.63, 3.8) is 0 Å². The normalized spacial score (nSPS) is 19.5. The fraction of sp³-hybridized carbons (Fsp3) is 0.208. The first-order valence-corrected chi connectivity index (χ1v) is 12.2. The molecule has 5 rings (SSSR count). The summed E-state index contributed by atoms with van der Waals surface area (Å²) < 4.78 is 40.9. The summed E-state index contributed by atoms with van der Waals surface area (Å²) in [6.45, 7) is 2.47. The molecule has 1 atom stereocenters. The van der Waals surface area contributed by atoms with Crippen LogP contribution in [0, 0.1) is 5.82 Å². The van der Waals surface area contributed by atoms with Gasteiger partial charge in [-0.1, -0.05) is 24.3 Å². The van der Waals surface area contributed by atoms with Gasteiger partial charge in [-0.3, -0.25) is 4.79 Å². The number of para-hydroxylation sites is 1. The molecule has 1 saturated heterocycles. The molecule has 1 amide bonds. The lowest BCUT2D eigenvalue weighted by Crippen LogP contribution is -2.48. The number of hydrogen-bond acceptors (Lipinski definition) is 5. The summed E-state index contributed by atoms with van der Waals surface area (Å²) in [6, 6.07) is 20.1. The number of carbonyl (C=O) groups excluding carboxylic acids is 1. The quantitative estimate of drug-likeness (QED) is 0.620. The summed E-state index contributed by atoms with van der Waals surface area (Å²) in [7, 11) is -3.63. The van der Waals surface area contributed by atoms with Crippen molar-refractivity contribution in [2.24, 2.45) is 0 Å². The monoisotopic (exact) mass is 466 g/mol. The minimum absolute atomic E-state index is 0.0668. The summed E-state index contributed by atoms with van der Waals surface area (Å²) in [5.41, 5.74) is 2.75. The van der Waals surface area contributed by atoms with Crippen LogP contribution < -0.4 is 14.9 Å². The van der Waals surface area contributed by atoms with E-state index in [1.165, 1.54) is 12.1 Å². The maximum Gasteiger partial charge on any atom is 0.253 e. The molecular weight excluding hydrogens is 443 g/mol. The Labute approximate surface area is 191 Å². The molecule has 0 radical (unpaired) electrons. The van der Waals surface area contributed by atoms with E-state index in [-0.39, 0.29) is 16.6 Å². The van der Waals surface area contributed by atoms with Gasteiger partial charge in [0.1, 0.15) is 16.9 Å². The average Bonchev–Trinajstić information content (AvgIpc) is 2.84. The topological polar surface area (TPSA) is 81.7 Å². The minimum Gasteiger partial charge on any atom is -0.368 e. The van der Waals surface area contributed by atoms with E-state index in [0.717, 1.165) is 5.69 Å². The van der Waals surface area contributed by atoms with Crippen LogP contribution >= 0.6 is 0 Å². The molecule has 0 saturated carbocycles. The number of nitrogens with zero attached hydrogens (tertiary/aromatic N) is 2. The molecule has 1 fully saturated rings. The fourth-order valence-corrected chi connectivity index (χ4v) is 5.50. The number of hydrogen-bond donors (Lipinski definition) is 2. The molecule has 0 spiro atoms. The van der Waals surface area contributed by atoms with E-state index >= 15 is 0 Å². The van der Waals surface area contributed by atoms with Crippen molar-refractivity contribution < 1.29 is 17.6 Å². The van der Waals surface area contributed by atoms with Crippen LogP contribution in [-0.2, 0) is 10.0 Å². The summed E-state index contributed by atoms with van der Waals surface area (Å²) in [5, 5.41) is 3.19. The first kappa shape index (κ1) is 21.4. The van der Waals surface area contributed by atoms with E-state index in [1.54, 1.807) is 65.6 Å². The summed E-state index contributed by atoms with van der Waals surface area (Å²) in [4.78, 5) is 17.1. The second kappa shape index (κ2) is 8.49. The number of fused-ring (bicyclic) bond motifs is 1. The molecular formula is C24H23FN4O3S. The maximum atomic E-state index is 13.2. The Hall–Kier alpha value is -3.43. The number of piperazine rings is 1. The number of rotatable bonds is 3. The molecule has 0 bridgehead atoms. The number of sulfonamides is 1. The zero-order valence-electron chi connectivity index (χ0n) is 17.7. The molecule has 7 nitrogen and oxygen atoms in total. The second-order valence-corrected chi connectivity index (χ2v) is 9.75. The van der Waals surface area contributed by atoms with Gasteiger partial charge in [-0.05, 0) is 54.1 Å². The van der Waals surface area contributed by atoms with Crippen molar-refractivity contribution in [2.45, 2.75) is 11.1 Å². The molecule has 9 heteroatoms. The van der Waals surface area contributed by atoms with E-state index in [2.05, 4.69) is 14.9 Å². The van der Waals surface area contributed by atoms with Crippen molar-refractivity contribution in [3.8, 4) is 0 Å². The Kier molecular flexibility index (Phi) is 5.51. The third-order valence-electron chi connectivity index (χ3n) is 6.00. The van der Waals surface area contributed by atoms with E-state index in [4.69, 9.17) is 0 Å². The van der Waals surface area contributed by atoms with Crippen LogP contribution in [0.5, 0.6) is 0 Å². The first-order chi connectivity index (χ1) is 15.9. The number of anilines is 2. The van der Waals surface area contributed by atoms with Crippen molar-refractivity contribution in [1.29, 1.82) is 0 Å². The molecule has 2 aliphatic rings. The molecule has 33 heavy (non-hydrogen) atoms. The Bertz CT molecular complexity index is 1270.